The van der Waals surface area contributed by atoms with Crippen molar-refractivity contribution in [2.75, 3.05) is 39.3 Å². The smallest absolute Gasteiger partial charge is 0.239 e. The van der Waals surface area contributed by atoms with Gasteiger partial charge in [-0.2, -0.15) is 5.26 Å². The Labute approximate surface area is 147 Å². The van der Waals surface area contributed by atoms with Crippen molar-refractivity contribution in [1.29, 1.82) is 5.26 Å². The highest BCUT2D eigenvalue weighted by Crippen LogP contribution is 2.23. The molecule has 0 spiro atoms. The van der Waals surface area contributed by atoms with E-state index in [9.17, 15) is 4.79 Å². The predicted octanol–water partition coefficient (Wildman–Crippen LogP) is 1.41. The maximum atomic E-state index is 11.9. The molecule has 1 aliphatic heterocycles. The van der Waals surface area contributed by atoms with Gasteiger partial charge in [0.2, 0.25) is 5.91 Å². The molecule has 1 amide bonds. The van der Waals surface area contributed by atoms with Gasteiger partial charge in [0.25, 0.3) is 0 Å². The summed E-state index contributed by atoms with van der Waals surface area (Å²) in [5.41, 5.74) is 6.49. The summed E-state index contributed by atoms with van der Waals surface area (Å²) < 4.78 is 5.38. The van der Waals surface area contributed by atoms with E-state index in [-0.39, 0.29) is 12.0 Å². The van der Waals surface area contributed by atoms with Crippen LogP contribution in [0.4, 0.5) is 0 Å². The zero-order chi connectivity index (χ0) is 17.5. The molecule has 2 unspecified atom stereocenters. The molecule has 2 atom stereocenters. The molecule has 7 heteroatoms. The lowest BCUT2D eigenvalue weighted by Gasteiger charge is -2.38. The first kappa shape index (κ1) is 18.7. The summed E-state index contributed by atoms with van der Waals surface area (Å²) in [6, 6.07) is 8.86. The second-order valence-corrected chi connectivity index (χ2v) is 6.31. The second kappa shape index (κ2) is 9.00. The van der Waals surface area contributed by atoms with Crippen LogP contribution in [0.3, 0.4) is 0 Å². The Morgan fingerprint density at radius 3 is 2.50 bits per heavy atom. The van der Waals surface area contributed by atoms with Crippen LogP contribution >= 0.6 is 11.6 Å². The van der Waals surface area contributed by atoms with E-state index in [2.05, 4.69) is 9.80 Å². The standard InChI is InChI=1S/C17H23ClN4O2/c1-13(12-19)24-11-10-21-6-8-22(9-7-21)16(17(20)23)14-2-4-15(18)5-3-14/h2-5,13,16H,6-11H2,1H3,(H2,20,23). The SMILES string of the molecule is CC(C#N)OCCN1CCN(C(C(N)=O)c2ccc(Cl)cc2)CC1. The van der Waals surface area contributed by atoms with Gasteiger partial charge in [0.1, 0.15) is 12.1 Å². The number of nitrogens with zero attached hydrogens (tertiary/aromatic N) is 3. The Bertz CT molecular complexity index is 579. The van der Waals surface area contributed by atoms with Gasteiger partial charge in [0.05, 0.1) is 12.7 Å². The monoisotopic (exact) mass is 350 g/mol. The van der Waals surface area contributed by atoms with E-state index >= 15 is 0 Å². The number of primary amides is 1. The number of hydrogen-bond acceptors (Lipinski definition) is 5. The van der Waals surface area contributed by atoms with Gasteiger partial charge in [-0.15, -0.1) is 0 Å². The third kappa shape index (κ3) is 5.18. The van der Waals surface area contributed by atoms with E-state index in [0.29, 0.717) is 11.6 Å². The summed E-state index contributed by atoms with van der Waals surface area (Å²) in [5, 5.41) is 9.33. The minimum atomic E-state index is -0.431. The van der Waals surface area contributed by atoms with Gasteiger partial charge >= 0.3 is 0 Å². The van der Waals surface area contributed by atoms with Crippen LogP contribution in [-0.4, -0.2) is 61.1 Å². The van der Waals surface area contributed by atoms with Crippen molar-refractivity contribution >= 4 is 17.5 Å². The van der Waals surface area contributed by atoms with Gasteiger partial charge < -0.3 is 10.5 Å². The Balaban J connectivity index is 1.88. The van der Waals surface area contributed by atoms with E-state index in [1.807, 2.05) is 18.2 Å². The van der Waals surface area contributed by atoms with Crippen molar-refractivity contribution in [2.45, 2.75) is 19.1 Å². The second-order valence-electron chi connectivity index (χ2n) is 5.88. The van der Waals surface area contributed by atoms with Gasteiger partial charge in [-0.3, -0.25) is 14.6 Å². The lowest BCUT2D eigenvalue weighted by atomic mass is 10.0. The molecule has 1 saturated heterocycles. The topological polar surface area (TPSA) is 82.6 Å². The highest BCUT2D eigenvalue weighted by atomic mass is 35.5. The molecule has 1 heterocycles. The van der Waals surface area contributed by atoms with Gasteiger partial charge in [-0.25, -0.2) is 0 Å². The van der Waals surface area contributed by atoms with Crippen LogP contribution in [0.25, 0.3) is 0 Å². The number of ether oxygens (including phenoxy) is 1. The zero-order valence-corrected chi connectivity index (χ0v) is 14.6. The third-order valence-electron chi connectivity index (χ3n) is 4.18. The molecular weight excluding hydrogens is 328 g/mol. The normalized spacial score (nSPS) is 18.7. The molecule has 0 aromatic heterocycles. The lowest BCUT2D eigenvalue weighted by Crippen LogP contribution is -2.50. The zero-order valence-electron chi connectivity index (χ0n) is 13.8. The van der Waals surface area contributed by atoms with Crippen LogP contribution in [-0.2, 0) is 9.53 Å². The molecule has 1 aliphatic rings. The molecule has 24 heavy (non-hydrogen) atoms. The van der Waals surface area contributed by atoms with Crippen molar-refractivity contribution in [3.05, 3.63) is 34.9 Å². The minimum absolute atomic E-state index is 0.350. The van der Waals surface area contributed by atoms with Crippen LogP contribution in [0.1, 0.15) is 18.5 Å². The van der Waals surface area contributed by atoms with Gasteiger partial charge in [-0.05, 0) is 24.6 Å². The summed E-state index contributed by atoms with van der Waals surface area (Å²) in [7, 11) is 0. The number of hydrogen-bond donors (Lipinski definition) is 1. The first-order valence-corrected chi connectivity index (χ1v) is 8.41. The fourth-order valence-electron chi connectivity index (χ4n) is 2.84. The number of rotatable bonds is 7. The minimum Gasteiger partial charge on any atom is -0.368 e. The summed E-state index contributed by atoms with van der Waals surface area (Å²) in [6.07, 6.45) is -0.379. The number of piperazine rings is 1. The van der Waals surface area contributed by atoms with Crippen LogP contribution in [0, 0.1) is 11.3 Å². The van der Waals surface area contributed by atoms with Gasteiger partial charge in [-0.1, -0.05) is 23.7 Å². The van der Waals surface area contributed by atoms with Crippen LogP contribution < -0.4 is 5.73 Å². The molecule has 0 bridgehead atoms. The van der Waals surface area contributed by atoms with Crippen molar-refractivity contribution in [3.63, 3.8) is 0 Å². The number of amides is 1. The highest BCUT2D eigenvalue weighted by Gasteiger charge is 2.28. The molecule has 2 N–H and O–H groups in total. The van der Waals surface area contributed by atoms with Crippen LogP contribution in [0.5, 0.6) is 0 Å². The molecule has 130 valence electrons. The van der Waals surface area contributed by atoms with E-state index < -0.39 is 6.04 Å². The van der Waals surface area contributed by atoms with E-state index in [1.165, 1.54) is 0 Å². The number of nitriles is 1. The number of carbonyl (C=O) groups is 1. The predicted molar refractivity (Wildman–Crippen MR) is 92.4 cm³/mol. The average molecular weight is 351 g/mol. The van der Waals surface area contributed by atoms with E-state index in [0.717, 1.165) is 38.3 Å². The van der Waals surface area contributed by atoms with Crippen LogP contribution in [0.2, 0.25) is 5.02 Å². The molecule has 2 rings (SSSR count). The van der Waals surface area contributed by atoms with Crippen molar-refractivity contribution in [1.82, 2.24) is 9.80 Å². The molecule has 0 aliphatic carbocycles. The summed E-state index contributed by atoms with van der Waals surface area (Å²) in [6.45, 7) is 6.23. The number of halogens is 1. The third-order valence-corrected chi connectivity index (χ3v) is 4.44. The Hall–Kier alpha value is -1.65. The fourth-order valence-corrected chi connectivity index (χ4v) is 2.97. The van der Waals surface area contributed by atoms with Crippen LogP contribution in [0.15, 0.2) is 24.3 Å². The molecule has 0 radical (unpaired) electrons. The van der Waals surface area contributed by atoms with Gasteiger partial charge in [0, 0.05) is 37.7 Å². The molecule has 6 nitrogen and oxygen atoms in total. The van der Waals surface area contributed by atoms with E-state index in [1.54, 1.807) is 19.1 Å². The number of benzene rings is 1. The first-order valence-electron chi connectivity index (χ1n) is 8.03. The maximum Gasteiger partial charge on any atom is 0.239 e. The summed E-state index contributed by atoms with van der Waals surface area (Å²) >= 11 is 5.91. The average Bonchev–Trinajstić information content (AvgIpc) is 2.58. The molecular formula is C17H23ClN4O2. The van der Waals surface area contributed by atoms with Crippen molar-refractivity contribution in [2.24, 2.45) is 5.73 Å². The quantitative estimate of drug-likeness (QED) is 0.804. The molecule has 1 aromatic rings. The fraction of sp³-hybridized carbons (Fsp3) is 0.529. The molecule has 1 aromatic carbocycles. The molecule has 0 saturated carbocycles. The number of carbonyl (C=O) groups excluding carboxylic acids is 1. The summed E-state index contributed by atoms with van der Waals surface area (Å²) in [4.78, 5) is 16.3. The Morgan fingerprint density at radius 2 is 1.96 bits per heavy atom. The molecule has 1 fully saturated rings. The van der Waals surface area contributed by atoms with E-state index in [4.69, 9.17) is 27.3 Å². The highest BCUT2D eigenvalue weighted by molar-refractivity contribution is 6.30. The number of nitrogens with two attached hydrogens (primary N) is 1. The largest absolute Gasteiger partial charge is 0.368 e. The van der Waals surface area contributed by atoms with Crippen molar-refractivity contribution < 1.29 is 9.53 Å². The van der Waals surface area contributed by atoms with Gasteiger partial charge in [0.15, 0.2) is 0 Å². The van der Waals surface area contributed by atoms with Crippen molar-refractivity contribution in [3.8, 4) is 6.07 Å². The first-order chi connectivity index (χ1) is 11.5. The maximum absolute atomic E-state index is 11.9. The lowest BCUT2D eigenvalue weighted by molar-refractivity contribution is -0.124. The summed E-state index contributed by atoms with van der Waals surface area (Å²) in [5.74, 6) is -0.350. The Morgan fingerprint density at radius 1 is 1.33 bits per heavy atom. The Kier molecular flexibility index (Phi) is 7.00.